The Labute approximate surface area is 205 Å². The summed E-state index contributed by atoms with van der Waals surface area (Å²) in [6, 6.07) is 13.7. The first-order chi connectivity index (χ1) is 16.0. The van der Waals surface area contributed by atoms with Gasteiger partial charge >= 0.3 is 0 Å². The lowest BCUT2D eigenvalue weighted by atomic mass is 10.1. The first-order valence-electron chi connectivity index (χ1n) is 11.0. The van der Waals surface area contributed by atoms with Crippen molar-refractivity contribution in [1.82, 2.24) is 19.9 Å². The Bertz CT molecular complexity index is 1310. The van der Waals surface area contributed by atoms with Crippen LogP contribution in [0.15, 0.2) is 48.8 Å². The summed E-state index contributed by atoms with van der Waals surface area (Å²) in [7, 11) is -2.88. The minimum Gasteiger partial charge on any atom is -0.325 e. The first-order valence-corrected chi connectivity index (χ1v) is 12.8. The van der Waals surface area contributed by atoms with Gasteiger partial charge in [0.05, 0.1) is 34.5 Å². The van der Waals surface area contributed by atoms with Gasteiger partial charge in [-0.05, 0) is 60.7 Å². The van der Waals surface area contributed by atoms with Crippen molar-refractivity contribution in [3.63, 3.8) is 0 Å². The predicted molar refractivity (Wildman–Crippen MR) is 133 cm³/mol. The average molecular weight is 497 g/mol. The van der Waals surface area contributed by atoms with Crippen LogP contribution in [0, 0.1) is 11.3 Å². The smallest absolute Gasteiger partial charge is 0.152 e. The number of nitrogens with zero attached hydrogens (tertiary/aromatic N) is 5. The Hall–Kier alpha value is -3.06. The Morgan fingerprint density at radius 2 is 1.85 bits per heavy atom. The molecule has 4 heterocycles. The second-order valence-electron chi connectivity index (χ2n) is 8.58. The molecule has 2 fully saturated rings. The zero-order valence-corrected chi connectivity index (χ0v) is 20.1. The number of halogens is 1. The van der Waals surface area contributed by atoms with Crippen LogP contribution in [0.3, 0.4) is 0 Å². The summed E-state index contributed by atoms with van der Waals surface area (Å²) >= 11 is 0. The quantitative estimate of drug-likeness (QED) is 0.550. The second-order valence-corrected chi connectivity index (χ2v) is 10.9. The molecule has 1 N–H and O–H groups in total. The number of nitrogens with one attached hydrogen (secondary N) is 1. The van der Waals surface area contributed by atoms with Crippen LogP contribution >= 0.6 is 12.4 Å². The molecule has 8 nitrogen and oxygen atoms in total. The van der Waals surface area contributed by atoms with Gasteiger partial charge in [-0.15, -0.1) is 12.4 Å². The molecule has 1 saturated carbocycles. The van der Waals surface area contributed by atoms with Crippen molar-refractivity contribution in [3.05, 3.63) is 65.6 Å². The molecule has 0 amide bonds. The molecule has 0 atom stereocenters. The maximum absolute atomic E-state index is 11.6. The molecule has 3 aromatic heterocycles. The van der Waals surface area contributed by atoms with E-state index in [1.165, 1.54) is 18.4 Å². The normalized spacial score (nSPS) is 17.4. The lowest BCUT2D eigenvalue weighted by Crippen LogP contribution is -2.39. The highest BCUT2D eigenvalue weighted by atomic mass is 35.5. The SMILES string of the molecule is Cl.N#Cc1ccnc(Nc2cc(C3CC3)cc(-c3ccc(CN4CCS(=O)(=O)CC4)nc3)n2)c1. The molecular weight excluding hydrogens is 472 g/mol. The third-order valence-corrected chi connectivity index (χ3v) is 7.59. The molecule has 1 saturated heterocycles. The Morgan fingerprint density at radius 3 is 2.53 bits per heavy atom. The first kappa shape index (κ1) is 24.1. The van der Waals surface area contributed by atoms with Crippen LogP contribution < -0.4 is 5.32 Å². The fourth-order valence-electron chi connectivity index (χ4n) is 3.92. The lowest BCUT2D eigenvalue weighted by Gasteiger charge is -2.26. The maximum atomic E-state index is 11.6. The molecular formula is C24H25ClN6O2S. The van der Waals surface area contributed by atoms with E-state index in [9.17, 15) is 8.42 Å². The second kappa shape index (κ2) is 10.1. The summed E-state index contributed by atoms with van der Waals surface area (Å²) in [4.78, 5) is 15.8. The van der Waals surface area contributed by atoms with Crippen LogP contribution in [0.25, 0.3) is 11.3 Å². The molecule has 2 aliphatic rings. The van der Waals surface area contributed by atoms with E-state index >= 15 is 0 Å². The van der Waals surface area contributed by atoms with Crippen molar-refractivity contribution in [1.29, 1.82) is 5.26 Å². The maximum Gasteiger partial charge on any atom is 0.152 e. The number of sulfone groups is 1. The van der Waals surface area contributed by atoms with Crippen LogP contribution in [0.5, 0.6) is 0 Å². The molecule has 5 rings (SSSR count). The molecule has 0 radical (unpaired) electrons. The van der Waals surface area contributed by atoms with E-state index in [1.54, 1.807) is 18.3 Å². The molecule has 0 unspecified atom stereocenters. The fraction of sp³-hybridized carbons (Fsp3) is 0.333. The topological polar surface area (TPSA) is 112 Å². The molecule has 0 aromatic carbocycles. The highest BCUT2D eigenvalue weighted by Crippen LogP contribution is 2.42. The van der Waals surface area contributed by atoms with Crippen molar-refractivity contribution < 1.29 is 8.42 Å². The van der Waals surface area contributed by atoms with Gasteiger partial charge in [-0.2, -0.15) is 5.26 Å². The van der Waals surface area contributed by atoms with Crippen molar-refractivity contribution in [3.8, 4) is 17.3 Å². The molecule has 10 heteroatoms. The van der Waals surface area contributed by atoms with Crippen molar-refractivity contribution in [2.24, 2.45) is 0 Å². The number of hydrogen-bond donors (Lipinski definition) is 1. The summed E-state index contributed by atoms with van der Waals surface area (Å²) in [6.45, 7) is 1.73. The highest BCUT2D eigenvalue weighted by Gasteiger charge is 2.25. The highest BCUT2D eigenvalue weighted by molar-refractivity contribution is 7.91. The monoisotopic (exact) mass is 496 g/mol. The Kier molecular flexibility index (Phi) is 7.12. The Balaban J connectivity index is 0.00000274. The van der Waals surface area contributed by atoms with Gasteiger partial charge in [0.1, 0.15) is 11.6 Å². The molecule has 1 aliphatic carbocycles. The van der Waals surface area contributed by atoms with Gasteiger partial charge in [0.25, 0.3) is 0 Å². The van der Waals surface area contributed by atoms with Gasteiger partial charge in [-0.3, -0.25) is 9.88 Å². The number of aromatic nitrogens is 3. The number of nitriles is 1. The van der Waals surface area contributed by atoms with Crippen molar-refractivity contribution >= 4 is 33.9 Å². The Morgan fingerprint density at radius 1 is 1.06 bits per heavy atom. The number of pyridine rings is 3. The van der Waals surface area contributed by atoms with E-state index in [0.717, 1.165) is 17.0 Å². The van der Waals surface area contributed by atoms with Crippen molar-refractivity contribution in [2.45, 2.75) is 25.3 Å². The van der Waals surface area contributed by atoms with E-state index in [1.807, 2.05) is 24.4 Å². The lowest BCUT2D eigenvalue weighted by molar-refractivity contribution is 0.284. The van der Waals surface area contributed by atoms with Gasteiger partial charge < -0.3 is 5.32 Å². The summed E-state index contributed by atoms with van der Waals surface area (Å²) in [5, 5.41) is 12.4. The zero-order chi connectivity index (χ0) is 22.8. The predicted octanol–water partition coefficient (Wildman–Crippen LogP) is 3.68. The summed E-state index contributed by atoms with van der Waals surface area (Å²) in [6.07, 6.45) is 5.78. The van der Waals surface area contributed by atoms with E-state index in [2.05, 4.69) is 32.3 Å². The van der Waals surface area contributed by atoms with Crippen LogP contribution in [-0.4, -0.2) is 52.9 Å². The molecule has 0 spiro atoms. The van der Waals surface area contributed by atoms with Crippen LogP contribution in [-0.2, 0) is 16.4 Å². The van der Waals surface area contributed by atoms with Gasteiger partial charge in [0.2, 0.25) is 0 Å². The molecule has 34 heavy (non-hydrogen) atoms. The van der Waals surface area contributed by atoms with Crippen molar-refractivity contribution in [2.75, 3.05) is 29.9 Å². The summed E-state index contributed by atoms with van der Waals surface area (Å²) in [5.74, 6) is 2.25. The minimum absolute atomic E-state index is 0. The standard InChI is InChI=1S/C24H24N6O2S.ClH/c25-14-17-5-6-26-23(11-17)29-24-13-20(18-1-2-18)12-22(28-24)19-3-4-21(27-15-19)16-30-7-9-33(31,32)10-8-30;/h3-6,11-13,15,18H,1-2,7-10,16H2,(H,26,28,29);1H. The van der Waals surface area contributed by atoms with E-state index < -0.39 is 9.84 Å². The van der Waals surface area contributed by atoms with E-state index in [4.69, 9.17) is 10.2 Å². The largest absolute Gasteiger partial charge is 0.325 e. The minimum atomic E-state index is -2.88. The number of rotatable bonds is 6. The van der Waals surface area contributed by atoms with Gasteiger partial charge in [-0.1, -0.05) is 0 Å². The summed E-state index contributed by atoms with van der Waals surface area (Å²) in [5.41, 5.74) is 4.44. The van der Waals surface area contributed by atoms with Gasteiger partial charge in [-0.25, -0.2) is 18.4 Å². The summed E-state index contributed by atoms with van der Waals surface area (Å²) < 4.78 is 23.3. The van der Waals surface area contributed by atoms with E-state index in [-0.39, 0.29) is 23.9 Å². The number of anilines is 2. The third-order valence-electron chi connectivity index (χ3n) is 5.98. The van der Waals surface area contributed by atoms with Gasteiger partial charge in [0, 0.05) is 37.6 Å². The fourth-order valence-corrected chi connectivity index (χ4v) is 5.20. The molecule has 176 valence electrons. The molecule has 3 aromatic rings. The third kappa shape index (κ3) is 5.89. The van der Waals surface area contributed by atoms with E-state index in [0.29, 0.717) is 42.8 Å². The number of hydrogen-bond acceptors (Lipinski definition) is 8. The average Bonchev–Trinajstić information content (AvgIpc) is 3.67. The molecule has 1 aliphatic heterocycles. The zero-order valence-electron chi connectivity index (χ0n) is 18.5. The van der Waals surface area contributed by atoms with Gasteiger partial charge in [0.15, 0.2) is 9.84 Å². The van der Waals surface area contributed by atoms with Crippen LogP contribution in [0.4, 0.5) is 11.6 Å². The van der Waals surface area contributed by atoms with Crippen LogP contribution in [0.1, 0.15) is 35.6 Å². The van der Waals surface area contributed by atoms with Crippen LogP contribution in [0.2, 0.25) is 0 Å². The molecule has 0 bridgehead atoms.